The van der Waals surface area contributed by atoms with Crippen LogP contribution in [-0.2, 0) is 0 Å². The topological polar surface area (TPSA) is 53.1 Å². The molecule has 0 amide bonds. The fraction of sp³-hybridized carbons (Fsp3) is 0.933. The van der Waals surface area contributed by atoms with E-state index in [0.717, 1.165) is 25.3 Å². The van der Waals surface area contributed by atoms with E-state index in [0.29, 0.717) is 11.3 Å². The minimum Gasteiger partial charge on any atom is -0.387 e. The van der Waals surface area contributed by atoms with Crippen molar-refractivity contribution in [3.05, 3.63) is 0 Å². The molecule has 106 valence electrons. The van der Waals surface area contributed by atoms with Gasteiger partial charge in [0.05, 0.1) is 5.84 Å². The van der Waals surface area contributed by atoms with Crippen molar-refractivity contribution in [3.63, 3.8) is 0 Å². The number of likely N-dealkylation sites (tertiary alicyclic amines) is 1. The zero-order chi connectivity index (χ0) is 14.0. The summed E-state index contributed by atoms with van der Waals surface area (Å²) in [6, 6.07) is 0. The first-order chi connectivity index (χ1) is 8.13. The van der Waals surface area contributed by atoms with Gasteiger partial charge in [-0.3, -0.25) is 5.41 Å². The number of hydrogen-bond donors (Lipinski definition) is 2. The number of nitrogens with one attached hydrogen (secondary N) is 1. The van der Waals surface area contributed by atoms with E-state index in [-0.39, 0.29) is 5.41 Å². The van der Waals surface area contributed by atoms with Crippen molar-refractivity contribution in [3.8, 4) is 0 Å². The Morgan fingerprint density at radius 1 is 1.28 bits per heavy atom. The monoisotopic (exact) mass is 253 g/mol. The van der Waals surface area contributed by atoms with E-state index in [2.05, 4.69) is 39.5 Å². The van der Waals surface area contributed by atoms with Crippen molar-refractivity contribution < 1.29 is 0 Å². The summed E-state index contributed by atoms with van der Waals surface area (Å²) in [7, 11) is 0. The summed E-state index contributed by atoms with van der Waals surface area (Å²) in [5, 5.41) is 7.56. The molecule has 1 fully saturated rings. The normalized spacial score (nSPS) is 22.4. The van der Waals surface area contributed by atoms with Gasteiger partial charge in [0.25, 0.3) is 0 Å². The Kier molecular flexibility index (Phi) is 4.82. The highest BCUT2D eigenvalue weighted by molar-refractivity contribution is 5.82. The van der Waals surface area contributed by atoms with E-state index < -0.39 is 0 Å². The van der Waals surface area contributed by atoms with Crippen LogP contribution >= 0.6 is 0 Å². The van der Waals surface area contributed by atoms with Gasteiger partial charge in [0, 0.05) is 12.0 Å². The van der Waals surface area contributed by atoms with Crippen LogP contribution in [0.15, 0.2) is 0 Å². The van der Waals surface area contributed by atoms with Crippen LogP contribution in [-0.4, -0.2) is 30.4 Å². The second kappa shape index (κ2) is 5.60. The molecule has 0 aromatic rings. The van der Waals surface area contributed by atoms with Crippen LogP contribution in [0, 0.1) is 22.2 Å². The van der Waals surface area contributed by atoms with Crippen molar-refractivity contribution in [2.24, 2.45) is 22.5 Å². The van der Waals surface area contributed by atoms with Crippen LogP contribution < -0.4 is 5.73 Å². The second-order valence-electron chi connectivity index (χ2n) is 7.55. The standard InChI is InChI=1S/C15H31N3/c1-14(2,3)12-7-10-18(11-12)9-6-8-15(4,5)13(16)17/h12H,6-11H2,1-5H3,(H3,16,17). The Hall–Kier alpha value is -0.570. The van der Waals surface area contributed by atoms with E-state index in [1.807, 2.05) is 0 Å². The van der Waals surface area contributed by atoms with Crippen LogP contribution in [0.5, 0.6) is 0 Å². The largest absolute Gasteiger partial charge is 0.387 e. The van der Waals surface area contributed by atoms with E-state index >= 15 is 0 Å². The molecule has 1 aliphatic rings. The van der Waals surface area contributed by atoms with Gasteiger partial charge in [-0.15, -0.1) is 0 Å². The molecule has 1 unspecified atom stereocenters. The molecule has 0 spiro atoms. The Labute approximate surface area is 113 Å². The molecule has 0 aromatic heterocycles. The number of hydrogen-bond acceptors (Lipinski definition) is 2. The molecule has 1 saturated heterocycles. The van der Waals surface area contributed by atoms with E-state index in [9.17, 15) is 0 Å². The molecule has 0 aromatic carbocycles. The number of nitrogens with zero attached hydrogens (tertiary/aromatic N) is 1. The molecule has 1 rings (SSSR count). The van der Waals surface area contributed by atoms with Crippen molar-refractivity contribution >= 4 is 5.84 Å². The summed E-state index contributed by atoms with van der Waals surface area (Å²) in [4.78, 5) is 2.58. The molecule has 0 bridgehead atoms. The lowest BCUT2D eigenvalue weighted by Gasteiger charge is -2.28. The van der Waals surface area contributed by atoms with Crippen molar-refractivity contribution in [2.75, 3.05) is 19.6 Å². The quantitative estimate of drug-likeness (QED) is 0.584. The minimum absolute atomic E-state index is 0.136. The summed E-state index contributed by atoms with van der Waals surface area (Å²) in [5.41, 5.74) is 5.92. The van der Waals surface area contributed by atoms with Crippen molar-refractivity contribution in [2.45, 2.75) is 53.9 Å². The van der Waals surface area contributed by atoms with Gasteiger partial charge >= 0.3 is 0 Å². The fourth-order valence-electron chi connectivity index (χ4n) is 2.62. The zero-order valence-electron chi connectivity index (χ0n) is 12.8. The molecule has 0 radical (unpaired) electrons. The highest BCUT2D eigenvalue weighted by Crippen LogP contribution is 2.33. The third-order valence-electron chi connectivity index (χ3n) is 4.50. The lowest BCUT2D eigenvalue weighted by Crippen LogP contribution is -2.32. The zero-order valence-corrected chi connectivity index (χ0v) is 12.8. The first-order valence-electron chi connectivity index (χ1n) is 7.20. The average molecular weight is 253 g/mol. The maximum Gasteiger partial charge on any atom is 0.0963 e. The lowest BCUT2D eigenvalue weighted by atomic mass is 9.80. The molecular formula is C15H31N3. The first kappa shape index (κ1) is 15.5. The third-order valence-corrected chi connectivity index (χ3v) is 4.50. The summed E-state index contributed by atoms with van der Waals surface area (Å²) < 4.78 is 0. The Bertz CT molecular complexity index is 289. The van der Waals surface area contributed by atoms with Crippen LogP contribution in [0.25, 0.3) is 0 Å². The van der Waals surface area contributed by atoms with E-state index in [1.54, 1.807) is 0 Å². The van der Waals surface area contributed by atoms with Gasteiger partial charge in [-0.05, 0) is 43.7 Å². The first-order valence-corrected chi connectivity index (χ1v) is 7.20. The molecule has 0 aliphatic carbocycles. The van der Waals surface area contributed by atoms with Gasteiger partial charge < -0.3 is 10.6 Å². The Morgan fingerprint density at radius 3 is 2.33 bits per heavy atom. The molecule has 1 heterocycles. The van der Waals surface area contributed by atoms with Gasteiger partial charge in [-0.25, -0.2) is 0 Å². The van der Waals surface area contributed by atoms with Gasteiger partial charge in [0.1, 0.15) is 0 Å². The van der Waals surface area contributed by atoms with E-state index in [4.69, 9.17) is 11.1 Å². The highest BCUT2D eigenvalue weighted by Gasteiger charge is 2.31. The van der Waals surface area contributed by atoms with Crippen LogP contribution in [0.2, 0.25) is 0 Å². The number of nitrogens with two attached hydrogens (primary N) is 1. The van der Waals surface area contributed by atoms with Crippen LogP contribution in [0.4, 0.5) is 0 Å². The van der Waals surface area contributed by atoms with Crippen molar-refractivity contribution in [1.82, 2.24) is 4.90 Å². The Balaban J connectivity index is 2.29. The highest BCUT2D eigenvalue weighted by atomic mass is 15.1. The summed E-state index contributed by atoms with van der Waals surface area (Å²) >= 11 is 0. The summed E-state index contributed by atoms with van der Waals surface area (Å²) in [6.45, 7) is 14.8. The SMILES string of the molecule is CC(C)(CCCN1CCC(C(C)(C)C)C1)C(=N)N. The minimum atomic E-state index is -0.136. The average Bonchev–Trinajstić information content (AvgIpc) is 2.65. The van der Waals surface area contributed by atoms with Crippen LogP contribution in [0.1, 0.15) is 53.9 Å². The van der Waals surface area contributed by atoms with Crippen LogP contribution in [0.3, 0.4) is 0 Å². The molecular weight excluding hydrogens is 222 g/mol. The molecule has 0 saturated carbocycles. The molecule has 3 N–H and O–H groups in total. The second-order valence-corrected chi connectivity index (χ2v) is 7.55. The Morgan fingerprint density at radius 2 is 1.89 bits per heavy atom. The maximum atomic E-state index is 7.56. The van der Waals surface area contributed by atoms with Gasteiger partial charge in [0.15, 0.2) is 0 Å². The molecule has 1 aliphatic heterocycles. The van der Waals surface area contributed by atoms with Crippen molar-refractivity contribution in [1.29, 1.82) is 5.41 Å². The summed E-state index contributed by atoms with van der Waals surface area (Å²) in [5.74, 6) is 1.15. The predicted octanol–water partition coefficient (Wildman–Crippen LogP) is 3.10. The van der Waals surface area contributed by atoms with Gasteiger partial charge in [-0.2, -0.15) is 0 Å². The molecule has 3 heteroatoms. The number of rotatable bonds is 5. The molecule has 3 nitrogen and oxygen atoms in total. The molecule has 1 atom stereocenters. The van der Waals surface area contributed by atoms with E-state index in [1.165, 1.54) is 19.5 Å². The lowest BCUT2D eigenvalue weighted by molar-refractivity contribution is 0.225. The van der Waals surface area contributed by atoms with Gasteiger partial charge in [-0.1, -0.05) is 34.6 Å². The van der Waals surface area contributed by atoms with Gasteiger partial charge in [0.2, 0.25) is 0 Å². The smallest absolute Gasteiger partial charge is 0.0963 e. The fourth-order valence-corrected chi connectivity index (χ4v) is 2.62. The molecule has 18 heavy (non-hydrogen) atoms. The summed E-state index contributed by atoms with van der Waals surface area (Å²) in [6.07, 6.45) is 3.49. The maximum absolute atomic E-state index is 7.56. The third kappa shape index (κ3) is 4.27. The number of amidine groups is 1. The predicted molar refractivity (Wildman–Crippen MR) is 78.9 cm³/mol.